The monoisotopic (exact) mass is 145 g/mol. The summed E-state index contributed by atoms with van der Waals surface area (Å²) < 4.78 is 0. The van der Waals surface area contributed by atoms with Crippen LogP contribution < -0.4 is 5.32 Å². The minimum Gasteiger partial charge on any atom is -0.385 e. The largest absolute Gasteiger partial charge is 0.385 e. The van der Waals surface area contributed by atoms with Gasteiger partial charge in [-0.1, -0.05) is 0 Å². The van der Waals surface area contributed by atoms with Crippen LogP contribution in [0.15, 0.2) is 0 Å². The van der Waals surface area contributed by atoms with Gasteiger partial charge < -0.3 is 10.4 Å². The van der Waals surface area contributed by atoms with Crippen molar-refractivity contribution in [3.05, 3.63) is 0 Å². The molecule has 4 nitrogen and oxygen atoms in total. The van der Waals surface area contributed by atoms with Gasteiger partial charge in [0.2, 0.25) is 5.91 Å². The Morgan fingerprint density at radius 3 is 2.40 bits per heavy atom. The van der Waals surface area contributed by atoms with Crippen LogP contribution in [0.4, 0.5) is 0 Å². The SMILES string of the molecule is CNC(=O)C[C@@H](O)C(C)=O. The zero-order chi connectivity index (χ0) is 8.15. The van der Waals surface area contributed by atoms with Gasteiger partial charge in [-0.2, -0.15) is 0 Å². The van der Waals surface area contributed by atoms with Crippen LogP contribution in [0.5, 0.6) is 0 Å². The molecule has 1 amide bonds. The smallest absolute Gasteiger partial charge is 0.222 e. The number of amides is 1. The van der Waals surface area contributed by atoms with Gasteiger partial charge in [0, 0.05) is 7.05 Å². The Morgan fingerprint density at radius 2 is 2.10 bits per heavy atom. The molecule has 0 heterocycles. The molecule has 0 radical (unpaired) electrons. The summed E-state index contributed by atoms with van der Waals surface area (Å²) in [6.45, 7) is 1.24. The van der Waals surface area contributed by atoms with Crippen molar-refractivity contribution in [3.63, 3.8) is 0 Å². The lowest BCUT2D eigenvalue weighted by Gasteiger charge is -2.03. The van der Waals surface area contributed by atoms with Crippen LogP contribution in [0, 0.1) is 0 Å². The van der Waals surface area contributed by atoms with E-state index in [1.807, 2.05) is 0 Å². The molecule has 0 saturated carbocycles. The number of carbonyl (C=O) groups is 2. The van der Waals surface area contributed by atoms with Gasteiger partial charge in [-0.05, 0) is 6.92 Å². The summed E-state index contributed by atoms with van der Waals surface area (Å²) in [6, 6.07) is 0. The normalized spacial score (nSPS) is 12.3. The number of hydrogen-bond acceptors (Lipinski definition) is 3. The maximum absolute atomic E-state index is 10.5. The van der Waals surface area contributed by atoms with Gasteiger partial charge in [-0.25, -0.2) is 0 Å². The van der Waals surface area contributed by atoms with Crippen LogP contribution in [-0.2, 0) is 9.59 Å². The summed E-state index contributed by atoms with van der Waals surface area (Å²) in [5.74, 6) is -0.716. The fraction of sp³-hybridized carbons (Fsp3) is 0.667. The number of nitrogens with one attached hydrogen (secondary N) is 1. The fourth-order valence-corrected chi connectivity index (χ4v) is 0.421. The van der Waals surface area contributed by atoms with Gasteiger partial charge in [0.05, 0.1) is 6.42 Å². The van der Waals surface area contributed by atoms with Crippen LogP contribution >= 0.6 is 0 Å². The van der Waals surface area contributed by atoms with Crippen LogP contribution in [0.3, 0.4) is 0 Å². The maximum Gasteiger partial charge on any atom is 0.222 e. The zero-order valence-electron chi connectivity index (χ0n) is 6.05. The van der Waals surface area contributed by atoms with E-state index < -0.39 is 6.10 Å². The molecular formula is C6H11NO3. The molecule has 2 N–H and O–H groups in total. The standard InChI is InChI=1S/C6H11NO3/c1-4(8)5(9)3-6(10)7-2/h5,9H,3H2,1-2H3,(H,7,10)/t5-/m1/s1. The Labute approximate surface area is 59.2 Å². The lowest BCUT2D eigenvalue weighted by molar-refractivity contribution is -0.131. The second-order valence-corrected chi connectivity index (χ2v) is 2.00. The number of aliphatic hydroxyl groups excluding tert-OH is 1. The van der Waals surface area contributed by atoms with Crippen LogP contribution in [0.2, 0.25) is 0 Å². The summed E-state index contributed by atoms with van der Waals surface area (Å²) in [5, 5.41) is 11.1. The van der Waals surface area contributed by atoms with Crippen molar-refractivity contribution in [1.29, 1.82) is 0 Å². The molecular weight excluding hydrogens is 134 g/mol. The predicted molar refractivity (Wildman–Crippen MR) is 35.4 cm³/mol. The van der Waals surface area contributed by atoms with Crippen molar-refractivity contribution in [1.82, 2.24) is 5.32 Å². The van der Waals surface area contributed by atoms with Gasteiger partial charge in [-0.3, -0.25) is 9.59 Å². The highest BCUT2D eigenvalue weighted by molar-refractivity contribution is 5.86. The van der Waals surface area contributed by atoms with E-state index >= 15 is 0 Å². The second kappa shape index (κ2) is 4.00. The first-order valence-corrected chi connectivity index (χ1v) is 2.97. The third kappa shape index (κ3) is 3.19. The Hall–Kier alpha value is -0.900. The number of Topliss-reactive ketones (excluding diaryl/α,β-unsaturated/α-hetero) is 1. The summed E-state index contributed by atoms with van der Waals surface area (Å²) in [7, 11) is 1.45. The van der Waals surface area contributed by atoms with Gasteiger partial charge in [0.1, 0.15) is 6.10 Å². The molecule has 0 aliphatic heterocycles. The van der Waals surface area contributed by atoms with Crippen LogP contribution in [0.1, 0.15) is 13.3 Å². The Kier molecular flexibility index (Phi) is 3.64. The predicted octanol–water partition coefficient (Wildman–Crippen LogP) is -0.928. The molecule has 0 bridgehead atoms. The van der Waals surface area contributed by atoms with Crippen molar-refractivity contribution in [3.8, 4) is 0 Å². The zero-order valence-corrected chi connectivity index (χ0v) is 6.05. The number of rotatable bonds is 3. The Morgan fingerprint density at radius 1 is 1.60 bits per heavy atom. The number of hydrogen-bond donors (Lipinski definition) is 2. The van der Waals surface area contributed by atoms with E-state index in [0.29, 0.717) is 0 Å². The molecule has 0 aliphatic carbocycles. The fourth-order valence-electron chi connectivity index (χ4n) is 0.421. The van der Waals surface area contributed by atoms with Gasteiger partial charge in [0.15, 0.2) is 5.78 Å². The number of aliphatic hydroxyl groups is 1. The van der Waals surface area contributed by atoms with E-state index in [0.717, 1.165) is 0 Å². The van der Waals surface area contributed by atoms with Crippen molar-refractivity contribution < 1.29 is 14.7 Å². The molecule has 0 aromatic heterocycles. The minimum absolute atomic E-state index is 0.147. The highest BCUT2D eigenvalue weighted by Crippen LogP contribution is 1.91. The first-order chi connectivity index (χ1) is 4.57. The minimum atomic E-state index is -1.15. The van der Waals surface area contributed by atoms with E-state index in [4.69, 9.17) is 5.11 Å². The molecule has 0 rings (SSSR count). The highest BCUT2D eigenvalue weighted by atomic mass is 16.3. The quantitative estimate of drug-likeness (QED) is 0.539. The van der Waals surface area contributed by atoms with Gasteiger partial charge in [0.25, 0.3) is 0 Å². The van der Waals surface area contributed by atoms with E-state index in [-0.39, 0.29) is 18.1 Å². The van der Waals surface area contributed by atoms with Gasteiger partial charge in [-0.15, -0.1) is 0 Å². The van der Waals surface area contributed by atoms with Crippen molar-refractivity contribution >= 4 is 11.7 Å². The number of carbonyl (C=O) groups excluding carboxylic acids is 2. The average molecular weight is 145 g/mol. The van der Waals surface area contributed by atoms with Crippen molar-refractivity contribution in [2.75, 3.05) is 7.05 Å². The molecule has 0 aromatic rings. The lowest BCUT2D eigenvalue weighted by Crippen LogP contribution is -2.27. The van der Waals surface area contributed by atoms with E-state index in [9.17, 15) is 9.59 Å². The molecule has 0 fully saturated rings. The van der Waals surface area contributed by atoms with Crippen molar-refractivity contribution in [2.45, 2.75) is 19.4 Å². The third-order valence-electron chi connectivity index (χ3n) is 1.13. The molecule has 0 aromatic carbocycles. The molecule has 1 atom stereocenters. The summed E-state index contributed by atoms with van der Waals surface area (Å²) >= 11 is 0. The maximum atomic E-state index is 10.5. The topological polar surface area (TPSA) is 66.4 Å². The first-order valence-electron chi connectivity index (χ1n) is 2.97. The number of ketones is 1. The van der Waals surface area contributed by atoms with Crippen molar-refractivity contribution in [2.24, 2.45) is 0 Å². The summed E-state index contributed by atoms with van der Waals surface area (Å²) in [5.41, 5.74) is 0. The third-order valence-corrected chi connectivity index (χ3v) is 1.13. The molecule has 0 unspecified atom stereocenters. The molecule has 0 saturated heterocycles. The molecule has 0 spiro atoms. The highest BCUT2D eigenvalue weighted by Gasteiger charge is 2.12. The Balaban J connectivity index is 3.68. The molecule has 58 valence electrons. The van der Waals surface area contributed by atoms with Gasteiger partial charge >= 0.3 is 0 Å². The van der Waals surface area contributed by atoms with E-state index in [2.05, 4.69) is 5.32 Å². The second-order valence-electron chi connectivity index (χ2n) is 2.00. The average Bonchev–Trinajstić information content (AvgIpc) is 1.87. The summed E-state index contributed by atoms with van der Waals surface area (Å²) in [6.07, 6.45) is -1.30. The van der Waals surface area contributed by atoms with E-state index in [1.54, 1.807) is 0 Å². The van der Waals surface area contributed by atoms with Crippen LogP contribution in [-0.4, -0.2) is 29.9 Å². The Bertz CT molecular complexity index is 144. The summed E-state index contributed by atoms with van der Waals surface area (Å²) in [4.78, 5) is 20.9. The first kappa shape index (κ1) is 9.10. The molecule has 0 aliphatic rings. The molecule has 10 heavy (non-hydrogen) atoms. The molecule has 4 heteroatoms. The van der Waals surface area contributed by atoms with Crippen LogP contribution in [0.25, 0.3) is 0 Å². The lowest BCUT2D eigenvalue weighted by atomic mass is 10.2. The van der Waals surface area contributed by atoms with E-state index in [1.165, 1.54) is 14.0 Å².